The van der Waals surface area contributed by atoms with Crippen molar-refractivity contribution in [3.8, 4) is 0 Å². The highest BCUT2D eigenvalue weighted by molar-refractivity contribution is 5.93. The first-order chi connectivity index (χ1) is 9.56. The van der Waals surface area contributed by atoms with Gasteiger partial charge in [0.2, 0.25) is 5.91 Å². The van der Waals surface area contributed by atoms with Crippen molar-refractivity contribution in [2.24, 2.45) is 5.92 Å². The zero-order valence-corrected chi connectivity index (χ0v) is 11.5. The number of benzene rings is 1. The molecule has 1 aromatic carbocycles. The molecule has 1 aliphatic rings. The fourth-order valence-electron chi connectivity index (χ4n) is 2.46. The highest BCUT2D eigenvalue weighted by Crippen LogP contribution is 2.26. The third-order valence-electron chi connectivity index (χ3n) is 3.50. The molecule has 1 saturated heterocycles. The van der Waals surface area contributed by atoms with Crippen LogP contribution in [0.15, 0.2) is 18.2 Å². The Balaban J connectivity index is 2.01. The number of hydrogen-bond donors (Lipinski definition) is 2. The van der Waals surface area contributed by atoms with E-state index < -0.39 is 4.92 Å². The van der Waals surface area contributed by atoms with Gasteiger partial charge in [0.05, 0.1) is 4.92 Å². The van der Waals surface area contributed by atoms with Crippen LogP contribution < -0.4 is 10.6 Å². The van der Waals surface area contributed by atoms with Crippen LogP contribution in [0.25, 0.3) is 0 Å². The summed E-state index contributed by atoms with van der Waals surface area (Å²) in [4.78, 5) is 22.5. The molecule has 1 unspecified atom stereocenters. The molecule has 1 aliphatic heterocycles. The van der Waals surface area contributed by atoms with Gasteiger partial charge in [0, 0.05) is 12.5 Å². The molecule has 20 heavy (non-hydrogen) atoms. The Labute approximate surface area is 117 Å². The number of carbonyl (C=O) groups excluding carboxylic acids is 1. The largest absolute Gasteiger partial charge is 0.320 e. The summed E-state index contributed by atoms with van der Waals surface area (Å²) in [5, 5.41) is 16.9. The van der Waals surface area contributed by atoms with Crippen LogP contribution in [0.3, 0.4) is 0 Å². The fraction of sp³-hybridized carbons (Fsp3) is 0.500. The minimum Gasteiger partial charge on any atom is -0.320 e. The maximum absolute atomic E-state index is 12.0. The van der Waals surface area contributed by atoms with Crippen LogP contribution in [0.2, 0.25) is 0 Å². The summed E-state index contributed by atoms with van der Waals surface area (Å²) in [5.41, 5.74) is 1.01. The Morgan fingerprint density at radius 2 is 2.35 bits per heavy atom. The Kier molecular flexibility index (Phi) is 4.68. The third kappa shape index (κ3) is 3.77. The molecule has 108 valence electrons. The van der Waals surface area contributed by atoms with Gasteiger partial charge < -0.3 is 10.6 Å². The fourth-order valence-corrected chi connectivity index (χ4v) is 2.46. The van der Waals surface area contributed by atoms with Gasteiger partial charge in [-0.2, -0.15) is 0 Å². The molecular formula is C14H19N3O3. The number of nitro benzene ring substituents is 1. The van der Waals surface area contributed by atoms with Crippen LogP contribution in [0.4, 0.5) is 11.4 Å². The predicted molar refractivity (Wildman–Crippen MR) is 76.7 cm³/mol. The smallest absolute Gasteiger partial charge is 0.293 e. The summed E-state index contributed by atoms with van der Waals surface area (Å²) >= 11 is 0. The summed E-state index contributed by atoms with van der Waals surface area (Å²) in [6.45, 7) is 3.62. The number of nitrogens with zero attached hydrogens (tertiary/aromatic N) is 1. The third-order valence-corrected chi connectivity index (χ3v) is 3.50. The normalized spacial score (nSPS) is 18.6. The average molecular weight is 277 g/mol. The molecule has 2 rings (SSSR count). The van der Waals surface area contributed by atoms with E-state index >= 15 is 0 Å². The molecular weight excluding hydrogens is 258 g/mol. The number of nitro groups is 1. The highest BCUT2D eigenvalue weighted by Gasteiger charge is 2.20. The van der Waals surface area contributed by atoms with Crippen LogP contribution in [0, 0.1) is 23.0 Å². The van der Waals surface area contributed by atoms with Crippen molar-refractivity contribution in [3.05, 3.63) is 33.9 Å². The van der Waals surface area contributed by atoms with E-state index in [0.29, 0.717) is 12.3 Å². The lowest BCUT2D eigenvalue weighted by Crippen LogP contribution is -2.32. The molecule has 0 radical (unpaired) electrons. The van der Waals surface area contributed by atoms with Crippen LogP contribution in [0.5, 0.6) is 0 Å². The minimum absolute atomic E-state index is 0.0554. The molecule has 6 heteroatoms. The van der Waals surface area contributed by atoms with Crippen LogP contribution in [-0.4, -0.2) is 23.9 Å². The first kappa shape index (κ1) is 14.5. The second kappa shape index (κ2) is 6.47. The van der Waals surface area contributed by atoms with Crippen molar-refractivity contribution in [1.29, 1.82) is 0 Å². The van der Waals surface area contributed by atoms with E-state index in [1.165, 1.54) is 6.07 Å². The molecule has 6 nitrogen and oxygen atoms in total. The van der Waals surface area contributed by atoms with Crippen LogP contribution >= 0.6 is 0 Å². The molecule has 0 bridgehead atoms. The number of amides is 1. The van der Waals surface area contributed by atoms with Gasteiger partial charge in [-0.3, -0.25) is 14.9 Å². The van der Waals surface area contributed by atoms with E-state index in [0.717, 1.165) is 31.5 Å². The number of hydrogen-bond acceptors (Lipinski definition) is 4. The van der Waals surface area contributed by atoms with E-state index in [1.54, 1.807) is 19.1 Å². The van der Waals surface area contributed by atoms with E-state index in [1.807, 2.05) is 0 Å². The first-order valence-electron chi connectivity index (χ1n) is 6.82. The summed E-state index contributed by atoms with van der Waals surface area (Å²) in [7, 11) is 0. The van der Waals surface area contributed by atoms with Crippen molar-refractivity contribution in [1.82, 2.24) is 5.32 Å². The number of carbonyl (C=O) groups is 1. The molecule has 1 aromatic rings. The maximum Gasteiger partial charge on any atom is 0.293 e. The van der Waals surface area contributed by atoms with Gasteiger partial charge in [-0.1, -0.05) is 6.07 Å². The van der Waals surface area contributed by atoms with Gasteiger partial charge >= 0.3 is 0 Å². The molecule has 2 N–H and O–H groups in total. The lowest BCUT2D eigenvalue weighted by atomic mass is 9.96. The van der Waals surface area contributed by atoms with E-state index in [4.69, 9.17) is 0 Å². The molecule has 1 atom stereocenters. The van der Waals surface area contributed by atoms with Gasteiger partial charge in [0.25, 0.3) is 5.69 Å². The van der Waals surface area contributed by atoms with Gasteiger partial charge in [-0.15, -0.1) is 0 Å². The second-order valence-corrected chi connectivity index (χ2v) is 5.24. The number of rotatable bonds is 4. The van der Waals surface area contributed by atoms with E-state index in [-0.39, 0.29) is 17.3 Å². The molecule has 0 saturated carbocycles. The lowest BCUT2D eigenvalue weighted by Gasteiger charge is -2.22. The summed E-state index contributed by atoms with van der Waals surface area (Å²) in [5.74, 6) is 0.152. The van der Waals surface area contributed by atoms with Crippen molar-refractivity contribution in [2.75, 3.05) is 18.4 Å². The summed E-state index contributed by atoms with van der Waals surface area (Å²) in [6, 6.07) is 4.81. The average Bonchev–Trinajstić information content (AvgIpc) is 2.41. The van der Waals surface area contributed by atoms with E-state index in [9.17, 15) is 14.9 Å². The molecule has 1 amide bonds. The van der Waals surface area contributed by atoms with Gasteiger partial charge in [0.15, 0.2) is 0 Å². The SMILES string of the molecule is Cc1ccc(NC(=O)CC2CCCNC2)c([N+](=O)[O-])c1. The maximum atomic E-state index is 12.0. The second-order valence-electron chi connectivity index (χ2n) is 5.24. The standard InChI is InChI=1S/C14H19N3O3/c1-10-4-5-12(13(7-10)17(19)20)16-14(18)8-11-3-2-6-15-9-11/h4-5,7,11,15H,2-3,6,8-9H2,1H3,(H,16,18). The Hall–Kier alpha value is -1.95. The Morgan fingerprint density at radius 1 is 1.55 bits per heavy atom. The molecule has 0 aliphatic carbocycles. The molecule has 0 spiro atoms. The Morgan fingerprint density at radius 3 is 3.00 bits per heavy atom. The van der Waals surface area contributed by atoms with Gasteiger partial charge in [-0.25, -0.2) is 0 Å². The Bertz CT molecular complexity index is 510. The zero-order chi connectivity index (χ0) is 14.5. The van der Waals surface area contributed by atoms with E-state index in [2.05, 4.69) is 10.6 Å². The molecule has 1 fully saturated rings. The van der Waals surface area contributed by atoms with Crippen molar-refractivity contribution in [3.63, 3.8) is 0 Å². The number of aryl methyl sites for hydroxylation is 1. The monoisotopic (exact) mass is 277 g/mol. The molecule has 0 aromatic heterocycles. The predicted octanol–water partition coefficient (Wildman–Crippen LogP) is 2.23. The number of piperidine rings is 1. The van der Waals surface area contributed by atoms with Crippen LogP contribution in [-0.2, 0) is 4.79 Å². The number of nitrogens with one attached hydrogen (secondary N) is 2. The van der Waals surface area contributed by atoms with Crippen molar-refractivity contribution in [2.45, 2.75) is 26.2 Å². The van der Waals surface area contributed by atoms with Gasteiger partial charge in [-0.05, 0) is 50.4 Å². The van der Waals surface area contributed by atoms with Gasteiger partial charge in [0.1, 0.15) is 5.69 Å². The summed E-state index contributed by atoms with van der Waals surface area (Å²) < 4.78 is 0. The quantitative estimate of drug-likeness (QED) is 0.653. The zero-order valence-electron chi connectivity index (χ0n) is 11.5. The van der Waals surface area contributed by atoms with Crippen LogP contribution in [0.1, 0.15) is 24.8 Å². The molecule has 1 heterocycles. The highest BCUT2D eigenvalue weighted by atomic mass is 16.6. The number of anilines is 1. The first-order valence-corrected chi connectivity index (χ1v) is 6.82. The van der Waals surface area contributed by atoms with Crippen molar-refractivity contribution < 1.29 is 9.72 Å². The minimum atomic E-state index is -0.467. The lowest BCUT2D eigenvalue weighted by molar-refractivity contribution is -0.384. The topological polar surface area (TPSA) is 84.3 Å². The summed E-state index contributed by atoms with van der Waals surface area (Å²) in [6.07, 6.45) is 2.50. The van der Waals surface area contributed by atoms with Crippen molar-refractivity contribution >= 4 is 17.3 Å².